The zero-order valence-electron chi connectivity index (χ0n) is 30.1. The van der Waals surface area contributed by atoms with E-state index < -0.39 is 59.5 Å². The lowest BCUT2D eigenvalue weighted by Crippen LogP contribution is -2.59. The van der Waals surface area contributed by atoms with E-state index in [1.54, 1.807) is 24.3 Å². The molecule has 17 nitrogen and oxygen atoms in total. The van der Waals surface area contributed by atoms with E-state index in [2.05, 4.69) is 31.3 Å². The zero-order chi connectivity index (χ0) is 39.8. The number of nitrogens with zero attached hydrogens (tertiary/aromatic N) is 2. The van der Waals surface area contributed by atoms with Crippen LogP contribution in [-0.4, -0.2) is 72.2 Å². The number of amides is 5. The quantitative estimate of drug-likeness (QED) is 0.0421. The van der Waals surface area contributed by atoms with E-state index in [-0.39, 0.29) is 55.6 Å². The summed E-state index contributed by atoms with van der Waals surface area (Å²) in [6, 6.07) is 8.58. The lowest BCUT2D eigenvalue weighted by molar-refractivity contribution is -0.134. The van der Waals surface area contributed by atoms with Gasteiger partial charge in [-0.2, -0.15) is 0 Å². The Balaban J connectivity index is 1.91. The number of hydrogen-bond donors (Lipinski definition) is 9. The van der Waals surface area contributed by atoms with Crippen molar-refractivity contribution in [3.8, 4) is 0 Å². The molecule has 18 heteroatoms. The lowest BCUT2D eigenvalue weighted by Gasteiger charge is -2.27. The highest BCUT2D eigenvalue weighted by molar-refractivity contribution is 5.99. The fourth-order valence-electron chi connectivity index (χ4n) is 5.31. The highest BCUT2D eigenvalue weighted by Crippen LogP contribution is 2.16. The average molecular weight is 750 g/mol. The van der Waals surface area contributed by atoms with Crippen molar-refractivity contribution in [2.75, 3.05) is 6.54 Å². The smallest absolute Gasteiger partial charge is 0.255 e. The number of nitrogens with one attached hydrogen (secondary N) is 4. The summed E-state index contributed by atoms with van der Waals surface area (Å²) in [5, 5.41) is 10.7. The van der Waals surface area contributed by atoms with E-state index in [0.29, 0.717) is 23.2 Å². The molecule has 14 N–H and O–H groups in total. The van der Waals surface area contributed by atoms with Crippen LogP contribution in [0.15, 0.2) is 81.5 Å². The molecule has 0 unspecified atom stereocenters. The van der Waals surface area contributed by atoms with Gasteiger partial charge in [0.05, 0.1) is 17.5 Å². The molecule has 0 fully saturated rings. The van der Waals surface area contributed by atoms with Crippen LogP contribution < -0.4 is 49.9 Å². The first kappa shape index (κ1) is 42.0. The molecule has 54 heavy (non-hydrogen) atoms. The third-order valence-electron chi connectivity index (χ3n) is 7.97. The average Bonchev–Trinajstić information content (AvgIpc) is 3.65. The van der Waals surface area contributed by atoms with Crippen molar-refractivity contribution in [2.45, 2.75) is 70.1 Å². The molecule has 290 valence electrons. The van der Waals surface area contributed by atoms with Crippen LogP contribution in [0.3, 0.4) is 0 Å². The second-order valence-corrected chi connectivity index (χ2v) is 12.9. The second-order valence-electron chi connectivity index (χ2n) is 12.9. The summed E-state index contributed by atoms with van der Waals surface area (Å²) in [5.74, 6) is -4.42. The Labute approximate surface area is 311 Å². The maximum Gasteiger partial charge on any atom is 0.255 e. The molecule has 2 aromatic carbocycles. The van der Waals surface area contributed by atoms with Gasteiger partial charge in [-0.1, -0.05) is 38.1 Å². The van der Waals surface area contributed by atoms with Crippen molar-refractivity contribution < 1.29 is 32.8 Å². The molecular formula is C36H48FN11O6. The number of hydrogen-bond acceptors (Lipinski definition) is 8. The monoisotopic (exact) mass is 749 g/mol. The maximum atomic E-state index is 14.1. The van der Waals surface area contributed by atoms with Gasteiger partial charge in [0, 0.05) is 19.4 Å². The Morgan fingerprint density at radius 3 is 1.76 bits per heavy atom. The number of rotatable bonds is 20. The SMILES string of the molecule is CC(C)C[C@H](NC(=O)[C@H](Cc1ccc(N=C(N)N)cc1)NC(=O)[C@H](Cc1ccc(F)cc1)NC(=O)c1ccoc1)C(=O)N[C@@H](CCCN=C(N)N)C(N)=O. The number of guanidine groups is 2. The summed E-state index contributed by atoms with van der Waals surface area (Å²) in [6.07, 6.45) is 3.01. The van der Waals surface area contributed by atoms with Crippen LogP contribution in [0.4, 0.5) is 10.1 Å². The molecule has 3 aromatic rings. The molecule has 0 aliphatic carbocycles. The van der Waals surface area contributed by atoms with E-state index in [9.17, 15) is 28.4 Å². The van der Waals surface area contributed by atoms with Crippen LogP contribution in [0.5, 0.6) is 0 Å². The highest BCUT2D eigenvalue weighted by Gasteiger charge is 2.32. The molecule has 5 amide bonds. The van der Waals surface area contributed by atoms with Crippen molar-refractivity contribution >= 4 is 47.1 Å². The molecular weight excluding hydrogens is 701 g/mol. The minimum absolute atomic E-state index is 0.0622. The van der Waals surface area contributed by atoms with Gasteiger partial charge in [-0.3, -0.25) is 29.0 Å². The number of furan rings is 1. The fourth-order valence-corrected chi connectivity index (χ4v) is 5.31. The summed E-state index contributed by atoms with van der Waals surface area (Å²) in [5.41, 5.74) is 29.0. The number of benzene rings is 2. The van der Waals surface area contributed by atoms with Gasteiger partial charge in [-0.25, -0.2) is 9.38 Å². The molecule has 3 rings (SSSR count). The first-order valence-electron chi connectivity index (χ1n) is 17.1. The Kier molecular flexibility index (Phi) is 16.0. The third kappa shape index (κ3) is 14.3. The van der Waals surface area contributed by atoms with Crippen LogP contribution in [0.2, 0.25) is 0 Å². The number of carbonyl (C=O) groups excluding carboxylic acids is 5. The molecule has 0 aliphatic heterocycles. The van der Waals surface area contributed by atoms with Gasteiger partial charge >= 0.3 is 0 Å². The molecule has 0 spiro atoms. The van der Waals surface area contributed by atoms with E-state index in [4.69, 9.17) is 33.1 Å². The van der Waals surface area contributed by atoms with Gasteiger partial charge in [0.15, 0.2) is 11.9 Å². The summed E-state index contributed by atoms with van der Waals surface area (Å²) in [7, 11) is 0. The predicted octanol–water partition coefficient (Wildman–Crippen LogP) is -0.0532. The third-order valence-corrected chi connectivity index (χ3v) is 7.97. The van der Waals surface area contributed by atoms with Gasteiger partial charge in [0.25, 0.3) is 5.91 Å². The Morgan fingerprint density at radius 1 is 0.704 bits per heavy atom. The van der Waals surface area contributed by atoms with Gasteiger partial charge in [-0.15, -0.1) is 0 Å². The zero-order valence-corrected chi connectivity index (χ0v) is 30.1. The standard InChI is InChI=1S/C36H48FN11O6/c1-20(2)16-27(32(51)45-26(30(38)49)4-3-14-43-35(39)40)47-34(53)29(18-22-7-11-25(12-8-22)44-36(41)42)48-33(52)28(17-21-5-9-24(37)10-6-21)46-31(50)23-13-15-54-19-23/h5-13,15,19-20,26-29H,3-4,14,16-18H2,1-2H3,(H2,38,49)(H,45,51)(H,46,50)(H,47,53)(H,48,52)(H4,39,40,43)(H4,41,42,44)/t26-,27-,28-,29-/m0/s1. The van der Waals surface area contributed by atoms with Crippen LogP contribution in [0, 0.1) is 11.7 Å². The molecule has 1 heterocycles. The van der Waals surface area contributed by atoms with Crippen molar-refractivity contribution in [1.29, 1.82) is 0 Å². The Hall–Kier alpha value is -6.46. The molecule has 0 bridgehead atoms. The minimum Gasteiger partial charge on any atom is -0.472 e. The highest BCUT2D eigenvalue weighted by atomic mass is 19.1. The summed E-state index contributed by atoms with van der Waals surface area (Å²) < 4.78 is 18.7. The Bertz CT molecular complexity index is 1770. The number of nitrogens with two attached hydrogens (primary N) is 5. The van der Waals surface area contributed by atoms with Gasteiger partial charge < -0.3 is 54.4 Å². The van der Waals surface area contributed by atoms with E-state index in [0.717, 1.165) is 0 Å². The predicted molar refractivity (Wildman–Crippen MR) is 200 cm³/mol. The first-order valence-corrected chi connectivity index (χ1v) is 17.1. The number of primary amides is 1. The fraction of sp³-hybridized carbons (Fsp3) is 0.361. The number of carbonyl (C=O) groups is 5. The molecule has 4 atom stereocenters. The summed E-state index contributed by atoms with van der Waals surface area (Å²) >= 11 is 0. The molecule has 0 saturated heterocycles. The molecule has 0 saturated carbocycles. The van der Waals surface area contributed by atoms with Crippen LogP contribution in [0.1, 0.15) is 54.6 Å². The second kappa shape index (κ2) is 20.5. The lowest BCUT2D eigenvalue weighted by atomic mass is 9.99. The Morgan fingerprint density at radius 2 is 1.24 bits per heavy atom. The van der Waals surface area contributed by atoms with Crippen LogP contribution >= 0.6 is 0 Å². The van der Waals surface area contributed by atoms with E-state index >= 15 is 0 Å². The van der Waals surface area contributed by atoms with Gasteiger partial charge in [-0.05, 0) is 66.6 Å². The van der Waals surface area contributed by atoms with Crippen LogP contribution in [0.25, 0.3) is 0 Å². The molecule has 1 aromatic heterocycles. The summed E-state index contributed by atoms with van der Waals surface area (Å²) in [6.45, 7) is 3.88. The van der Waals surface area contributed by atoms with E-state index in [1.807, 2.05) is 13.8 Å². The van der Waals surface area contributed by atoms with Crippen molar-refractivity contribution in [2.24, 2.45) is 44.6 Å². The summed E-state index contributed by atoms with van der Waals surface area (Å²) in [4.78, 5) is 74.7. The van der Waals surface area contributed by atoms with Gasteiger partial charge in [0.2, 0.25) is 23.6 Å². The van der Waals surface area contributed by atoms with Crippen molar-refractivity contribution in [3.63, 3.8) is 0 Å². The normalized spacial score (nSPS) is 13.0. The maximum absolute atomic E-state index is 14.1. The molecule has 0 aliphatic rings. The van der Waals surface area contributed by atoms with Crippen molar-refractivity contribution in [3.05, 3.63) is 89.6 Å². The minimum atomic E-state index is -1.29. The molecule has 0 radical (unpaired) electrons. The largest absolute Gasteiger partial charge is 0.472 e. The number of aliphatic imine (C=N–C) groups is 2. The van der Waals surface area contributed by atoms with Crippen molar-refractivity contribution in [1.82, 2.24) is 21.3 Å². The first-order chi connectivity index (χ1) is 25.6. The topological polar surface area (TPSA) is 301 Å². The van der Waals surface area contributed by atoms with Gasteiger partial charge in [0.1, 0.15) is 36.2 Å². The van der Waals surface area contributed by atoms with Crippen LogP contribution in [-0.2, 0) is 32.0 Å². The van der Waals surface area contributed by atoms with E-state index in [1.165, 1.54) is 42.9 Å². The number of halogens is 1.